The van der Waals surface area contributed by atoms with E-state index in [2.05, 4.69) is 27.1 Å². The molecule has 1 heterocycles. The highest BCUT2D eigenvalue weighted by atomic mass is 32.2. The summed E-state index contributed by atoms with van der Waals surface area (Å²) in [6.07, 6.45) is 3.20. The smallest absolute Gasteiger partial charge is 0.250 e. The number of hydrogen-bond donors (Lipinski definition) is 1. The van der Waals surface area contributed by atoms with Gasteiger partial charge in [-0.25, -0.2) is 15.4 Å². The summed E-state index contributed by atoms with van der Waals surface area (Å²) in [5.74, 6) is 1.13. The second kappa shape index (κ2) is 10.3. The molecule has 0 atom stereocenters. The Morgan fingerprint density at radius 1 is 1.26 bits per heavy atom. The monoisotopic (exact) mass is 386 g/mol. The van der Waals surface area contributed by atoms with Crippen LogP contribution in [0.25, 0.3) is 0 Å². The van der Waals surface area contributed by atoms with Crippen molar-refractivity contribution in [2.24, 2.45) is 5.10 Å². The van der Waals surface area contributed by atoms with Gasteiger partial charge >= 0.3 is 0 Å². The summed E-state index contributed by atoms with van der Waals surface area (Å²) in [6.45, 7) is 7.79. The minimum absolute atomic E-state index is 0.178. The number of aryl methyl sites for hydroxylation is 2. The van der Waals surface area contributed by atoms with Crippen LogP contribution < -0.4 is 14.9 Å². The van der Waals surface area contributed by atoms with E-state index >= 15 is 0 Å². The number of benzene rings is 1. The van der Waals surface area contributed by atoms with E-state index in [1.165, 1.54) is 18.0 Å². The van der Waals surface area contributed by atoms with Crippen molar-refractivity contribution in [3.8, 4) is 11.5 Å². The molecule has 2 aromatic rings. The Morgan fingerprint density at radius 2 is 2.00 bits per heavy atom. The van der Waals surface area contributed by atoms with Crippen molar-refractivity contribution in [3.63, 3.8) is 0 Å². The maximum Gasteiger partial charge on any atom is 0.250 e. The number of methoxy groups -OCH3 is 1. The normalized spacial score (nSPS) is 10.6. The molecule has 0 fully saturated rings. The van der Waals surface area contributed by atoms with Crippen LogP contribution >= 0.6 is 11.8 Å². The van der Waals surface area contributed by atoms with Crippen molar-refractivity contribution in [1.82, 2.24) is 15.4 Å². The van der Waals surface area contributed by atoms with E-state index in [0.717, 1.165) is 17.0 Å². The Kier molecular flexibility index (Phi) is 7.81. The standard InChI is InChI=1S/C19H22N4O3S/c1-5-8-26-16-7-6-15(10-17(16)25-4)11-20-23-18(24)12-27-19-21-13(2)9-14(3)22-19/h5-7,9-11H,1,8,12H2,2-4H3,(H,23,24)/b20-11-. The molecule has 1 aromatic carbocycles. The van der Waals surface area contributed by atoms with Crippen LogP contribution in [0.3, 0.4) is 0 Å². The number of hydrogen-bond acceptors (Lipinski definition) is 7. The molecule has 0 saturated carbocycles. The number of amides is 1. The number of nitrogens with one attached hydrogen (secondary N) is 1. The summed E-state index contributed by atoms with van der Waals surface area (Å²) in [6, 6.07) is 7.25. The molecule has 2 rings (SSSR count). The molecule has 0 aliphatic carbocycles. The zero-order chi connectivity index (χ0) is 19.6. The van der Waals surface area contributed by atoms with Crippen LogP contribution in [0, 0.1) is 13.8 Å². The lowest BCUT2D eigenvalue weighted by Gasteiger charge is -2.09. The van der Waals surface area contributed by atoms with Crippen LogP contribution in [0.2, 0.25) is 0 Å². The van der Waals surface area contributed by atoms with Gasteiger partial charge in [0, 0.05) is 11.4 Å². The quantitative estimate of drug-likeness (QED) is 0.234. The van der Waals surface area contributed by atoms with Gasteiger partial charge in [0.05, 0.1) is 19.1 Å². The molecular formula is C19H22N4O3S. The lowest BCUT2D eigenvalue weighted by Crippen LogP contribution is -2.19. The van der Waals surface area contributed by atoms with E-state index in [-0.39, 0.29) is 11.7 Å². The van der Waals surface area contributed by atoms with Gasteiger partial charge in [-0.15, -0.1) is 0 Å². The first-order chi connectivity index (χ1) is 13.0. The van der Waals surface area contributed by atoms with Crippen LogP contribution in [-0.2, 0) is 4.79 Å². The molecule has 1 aromatic heterocycles. The number of nitrogens with zero attached hydrogens (tertiary/aromatic N) is 3. The number of hydrazone groups is 1. The molecule has 0 aliphatic heterocycles. The minimum Gasteiger partial charge on any atom is -0.493 e. The molecule has 0 bridgehead atoms. The zero-order valence-electron chi connectivity index (χ0n) is 15.6. The molecule has 0 saturated heterocycles. The lowest BCUT2D eigenvalue weighted by molar-refractivity contribution is -0.118. The van der Waals surface area contributed by atoms with Gasteiger partial charge in [-0.1, -0.05) is 24.4 Å². The fourth-order valence-electron chi connectivity index (χ4n) is 2.13. The average Bonchev–Trinajstić information content (AvgIpc) is 2.64. The van der Waals surface area contributed by atoms with E-state index < -0.39 is 0 Å². The number of carbonyl (C=O) groups excluding carboxylic acids is 1. The lowest BCUT2D eigenvalue weighted by atomic mass is 10.2. The molecule has 7 nitrogen and oxygen atoms in total. The highest BCUT2D eigenvalue weighted by Gasteiger charge is 2.06. The predicted octanol–water partition coefficient (Wildman–Crippen LogP) is 2.91. The van der Waals surface area contributed by atoms with Crippen LogP contribution in [0.15, 0.2) is 47.2 Å². The highest BCUT2D eigenvalue weighted by molar-refractivity contribution is 7.99. The number of aromatic nitrogens is 2. The van der Waals surface area contributed by atoms with Crippen molar-refractivity contribution in [2.75, 3.05) is 19.5 Å². The first kappa shape index (κ1) is 20.4. The summed E-state index contributed by atoms with van der Waals surface area (Å²) in [4.78, 5) is 20.5. The summed E-state index contributed by atoms with van der Waals surface area (Å²) >= 11 is 1.27. The fraction of sp³-hybridized carbons (Fsp3) is 0.263. The van der Waals surface area contributed by atoms with E-state index in [0.29, 0.717) is 23.3 Å². The topological polar surface area (TPSA) is 85.7 Å². The van der Waals surface area contributed by atoms with Gasteiger partial charge in [0.25, 0.3) is 5.91 Å². The molecule has 1 N–H and O–H groups in total. The number of carbonyl (C=O) groups is 1. The van der Waals surface area contributed by atoms with Crippen molar-refractivity contribution in [1.29, 1.82) is 0 Å². The van der Waals surface area contributed by atoms with Gasteiger partial charge in [-0.3, -0.25) is 4.79 Å². The van der Waals surface area contributed by atoms with E-state index in [9.17, 15) is 4.79 Å². The fourth-order valence-corrected chi connectivity index (χ4v) is 2.87. The minimum atomic E-state index is -0.239. The van der Waals surface area contributed by atoms with Crippen molar-refractivity contribution in [2.45, 2.75) is 19.0 Å². The second-order valence-electron chi connectivity index (χ2n) is 5.53. The van der Waals surface area contributed by atoms with Crippen molar-refractivity contribution < 1.29 is 14.3 Å². The summed E-state index contributed by atoms with van der Waals surface area (Å²) < 4.78 is 10.8. The van der Waals surface area contributed by atoms with Gasteiger partial charge in [-0.05, 0) is 43.7 Å². The molecule has 0 radical (unpaired) electrons. The Hall–Kier alpha value is -2.87. The number of ether oxygens (including phenoxy) is 2. The summed E-state index contributed by atoms with van der Waals surface area (Å²) in [7, 11) is 1.56. The Labute approximate surface area is 162 Å². The summed E-state index contributed by atoms with van der Waals surface area (Å²) in [5, 5.41) is 4.54. The van der Waals surface area contributed by atoms with Gasteiger partial charge in [0.15, 0.2) is 16.7 Å². The van der Waals surface area contributed by atoms with Gasteiger partial charge in [0.2, 0.25) is 0 Å². The third-order valence-corrected chi connectivity index (χ3v) is 4.09. The first-order valence-corrected chi connectivity index (χ1v) is 9.19. The third-order valence-electron chi connectivity index (χ3n) is 3.24. The van der Waals surface area contributed by atoms with Crippen LogP contribution in [0.5, 0.6) is 11.5 Å². The maximum atomic E-state index is 11.9. The Balaban J connectivity index is 1.88. The zero-order valence-corrected chi connectivity index (χ0v) is 16.4. The van der Waals surface area contributed by atoms with Crippen LogP contribution in [0.4, 0.5) is 0 Å². The summed E-state index contributed by atoms with van der Waals surface area (Å²) in [5.41, 5.74) is 5.00. The molecule has 0 unspecified atom stereocenters. The molecule has 27 heavy (non-hydrogen) atoms. The van der Waals surface area contributed by atoms with Crippen molar-refractivity contribution >= 4 is 23.9 Å². The van der Waals surface area contributed by atoms with Crippen LogP contribution in [-0.4, -0.2) is 41.6 Å². The molecule has 1 amide bonds. The predicted molar refractivity (Wildman–Crippen MR) is 107 cm³/mol. The number of rotatable bonds is 9. The van der Waals surface area contributed by atoms with Crippen LogP contribution in [0.1, 0.15) is 17.0 Å². The highest BCUT2D eigenvalue weighted by Crippen LogP contribution is 2.27. The van der Waals surface area contributed by atoms with Gasteiger partial charge in [-0.2, -0.15) is 5.10 Å². The second-order valence-corrected chi connectivity index (χ2v) is 6.47. The molecule has 8 heteroatoms. The molecular weight excluding hydrogens is 364 g/mol. The first-order valence-electron chi connectivity index (χ1n) is 8.20. The third kappa shape index (κ3) is 6.74. The molecule has 142 valence electrons. The number of thioether (sulfide) groups is 1. The molecule has 0 aliphatic rings. The van der Waals surface area contributed by atoms with Crippen molar-refractivity contribution in [3.05, 3.63) is 53.9 Å². The average molecular weight is 386 g/mol. The largest absolute Gasteiger partial charge is 0.493 e. The van der Waals surface area contributed by atoms with E-state index in [1.54, 1.807) is 25.3 Å². The van der Waals surface area contributed by atoms with Gasteiger partial charge in [0.1, 0.15) is 6.61 Å². The molecule has 0 spiro atoms. The van der Waals surface area contributed by atoms with E-state index in [4.69, 9.17) is 9.47 Å². The Morgan fingerprint density at radius 3 is 2.67 bits per heavy atom. The Bertz CT molecular complexity index is 819. The van der Waals surface area contributed by atoms with E-state index in [1.807, 2.05) is 26.0 Å². The maximum absolute atomic E-state index is 11.9. The van der Waals surface area contributed by atoms with Gasteiger partial charge < -0.3 is 9.47 Å². The SMILES string of the molecule is C=CCOc1ccc(/C=N\NC(=O)CSc2nc(C)cc(C)n2)cc1OC.